The van der Waals surface area contributed by atoms with Gasteiger partial charge >= 0.3 is 5.97 Å². The van der Waals surface area contributed by atoms with Crippen molar-refractivity contribution in [2.24, 2.45) is 11.8 Å². The molecule has 2 aliphatic heterocycles. The molecule has 3 unspecified atom stereocenters. The first-order valence-corrected chi connectivity index (χ1v) is 7.27. The number of nitrogens with one attached hydrogen (secondary N) is 1. The second-order valence-electron chi connectivity index (χ2n) is 5.58. The molecule has 2 fully saturated rings. The van der Waals surface area contributed by atoms with Crippen molar-refractivity contribution in [1.82, 2.24) is 10.3 Å². The van der Waals surface area contributed by atoms with Crippen LogP contribution in [-0.4, -0.2) is 43.7 Å². The van der Waals surface area contributed by atoms with E-state index in [0.717, 1.165) is 31.9 Å². The lowest BCUT2D eigenvalue weighted by Gasteiger charge is -2.29. The Bertz CT molecular complexity index is 506. The number of carbonyl (C=O) groups is 1. The number of fused-ring (bicyclic) bond motifs is 1. The number of nitrogens with zero attached hydrogens (tertiary/aromatic N) is 2. The van der Waals surface area contributed by atoms with Crippen LogP contribution in [0.15, 0.2) is 18.3 Å². The number of hydrogen-bond donors (Lipinski definition) is 1. The first-order chi connectivity index (χ1) is 9.76. The Labute approximate surface area is 119 Å². The van der Waals surface area contributed by atoms with Gasteiger partial charge in [0, 0.05) is 31.9 Å². The Hall–Kier alpha value is -1.62. The fourth-order valence-corrected chi connectivity index (χ4v) is 3.68. The summed E-state index contributed by atoms with van der Waals surface area (Å²) in [6.45, 7) is 5.31. The van der Waals surface area contributed by atoms with E-state index < -0.39 is 0 Å². The lowest BCUT2D eigenvalue weighted by atomic mass is 9.93. The normalized spacial score (nSPS) is 28.5. The van der Waals surface area contributed by atoms with E-state index in [1.54, 1.807) is 18.3 Å². The third-order valence-electron chi connectivity index (χ3n) is 4.60. The van der Waals surface area contributed by atoms with Crippen molar-refractivity contribution in [1.29, 1.82) is 0 Å². The Morgan fingerprint density at radius 3 is 3.15 bits per heavy atom. The maximum absolute atomic E-state index is 11.9. The van der Waals surface area contributed by atoms with Crippen LogP contribution < -0.4 is 10.2 Å². The first kappa shape index (κ1) is 13.4. The average Bonchev–Trinajstić information content (AvgIpc) is 3.06. The number of aromatic nitrogens is 1. The minimum Gasteiger partial charge on any atom is -0.465 e. The highest BCUT2D eigenvalue weighted by Crippen LogP contribution is 2.37. The fourth-order valence-electron chi connectivity index (χ4n) is 3.68. The van der Waals surface area contributed by atoms with Gasteiger partial charge in [0.2, 0.25) is 0 Å². The van der Waals surface area contributed by atoms with Crippen LogP contribution in [0.3, 0.4) is 0 Å². The number of ether oxygens (including phenoxy) is 1. The maximum Gasteiger partial charge on any atom is 0.341 e. The van der Waals surface area contributed by atoms with E-state index in [0.29, 0.717) is 23.4 Å². The largest absolute Gasteiger partial charge is 0.465 e. The van der Waals surface area contributed by atoms with E-state index in [9.17, 15) is 4.79 Å². The molecule has 3 atom stereocenters. The molecular weight excluding hydrogens is 254 g/mol. The Morgan fingerprint density at radius 2 is 2.40 bits per heavy atom. The van der Waals surface area contributed by atoms with Crippen LogP contribution in [0.5, 0.6) is 0 Å². The number of methoxy groups -OCH3 is 1. The molecule has 0 radical (unpaired) electrons. The molecule has 1 aromatic rings. The molecule has 5 heteroatoms. The maximum atomic E-state index is 11.9. The summed E-state index contributed by atoms with van der Waals surface area (Å²) in [4.78, 5) is 18.7. The second-order valence-corrected chi connectivity index (χ2v) is 5.58. The van der Waals surface area contributed by atoms with Crippen LogP contribution in [0.2, 0.25) is 0 Å². The van der Waals surface area contributed by atoms with Gasteiger partial charge in [-0.05, 0) is 30.4 Å². The van der Waals surface area contributed by atoms with Crippen LogP contribution in [0.1, 0.15) is 23.7 Å². The number of esters is 1. The van der Waals surface area contributed by atoms with Crippen LogP contribution in [-0.2, 0) is 4.74 Å². The number of hydrogen-bond acceptors (Lipinski definition) is 5. The molecular formula is C15H21N3O2. The number of rotatable bonds is 3. The van der Waals surface area contributed by atoms with E-state index >= 15 is 0 Å². The molecule has 0 amide bonds. The SMILES string of the molecule is CCC1C2CNCC2CN1c1ncccc1C(=O)OC. The minimum absolute atomic E-state index is 0.307. The molecule has 20 heavy (non-hydrogen) atoms. The second kappa shape index (κ2) is 5.40. The molecule has 1 N–H and O–H groups in total. The summed E-state index contributed by atoms with van der Waals surface area (Å²) < 4.78 is 4.88. The van der Waals surface area contributed by atoms with E-state index in [-0.39, 0.29) is 5.97 Å². The van der Waals surface area contributed by atoms with E-state index in [4.69, 9.17) is 4.74 Å². The standard InChI is InChI=1S/C15H21N3O2/c1-3-13-12-8-16-7-10(12)9-18(13)14-11(15(19)20-2)5-4-6-17-14/h4-6,10,12-13,16H,3,7-9H2,1-2H3. The van der Waals surface area contributed by atoms with Crippen molar-refractivity contribution < 1.29 is 9.53 Å². The number of pyridine rings is 1. The summed E-state index contributed by atoms with van der Waals surface area (Å²) >= 11 is 0. The summed E-state index contributed by atoms with van der Waals surface area (Å²) in [5, 5.41) is 3.47. The first-order valence-electron chi connectivity index (χ1n) is 7.27. The molecule has 2 aliphatic rings. The average molecular weight is 275 g/mol. The zero-order valence-electron chi connectivity index (χ0n) is 12.0. The van der Waals surface area contributed by atoms with E-state index in [1.165, 1.54) is 7.11 Å². The topological polar surface area (TPSA) is 54.5 Å². The van der Waals surface area contributed by atoms with Crippen LogP contribution >= 0.6 is 0 Å². The summed E-state index contributed by atoms with van der Waals surface area (Å²) in [6.07, 6.45) is 2.82. The van der Waals surface area contributed by atoms with Gasteiger partial charge < -0.3 is 15.0 Å². The molecule has 0 bridgehead atoms. The highest BCUT2D eigenvalue weighted by Gasteiger charge is 2.44. The van der Waals surface area contributed by atoms with Gasteiger partial charge in [0.1, 0.15) is 11.4 Å². The monoisotopic (exact) mass is 275 g/mol. The van der Waals surface area contributed by atoms with Gasteiger partial charge in [-0.2, -0.15) is 0 Å². The molecule has 3 rings (SSSR count). The van der Waals surface area contributed by atoms with Gasteiger partial charge in [-0.1, -0.05) is 6.92 Å². The molecule has 0 aromatic carbocycles. The molecule has 0 saturated carbocycles. The predicted molar refractivity (Wildman–Crippen MR) is 76.9 cm³/mol. The van der Waals surface area contributed by atoms with E-state index in [1.807, 2.05) is 0 Å². The van der Waals surface area contributed by atoms with Gasteiger partial charge in [-0.25, -0.2) is 9.78 Å². The highest BCUT2D eigenvalue weighted by molar-refractivity contribution is 5.94. The smallest absolute Gasteiger partial charge is 0.341 e. The molecule has 0 aliphatic carbocycles. The molecule has 5 nitrogen and oxygen atoms in total. The molecule has 1 aromatic heterocycles. The van der Waals surface area contributed by atoms with Crippen molar-refractivity contribution in [2.75, 3.05) is 31.6 Å². The Kier molecular flexibility index (Phi) is 3.61. The van der Waals surface area contributed by atoms with Crippen molar-refractivity contribution in [3.63, 3.8) is 0 Å². The molecule has 3 heterocycles. The van der Waals surface area contributed by atoms with Gasteiger partial charge in [-0.3, -0.25) is 0 Å². The predicted octanol–water partition coefficient (Wildman–Crippen LogP) is 1.30. The minimum atomic E-state index is -0.307. The van der Waals surface area contributed by atoms with Gasteiger partial charge in [0.25, 0.3) is 0 Å². The zero-order chi connectivity index (χ0) is 14.1. The molecule has 108 valence electrons. The fraction of sp³-hybridized carbons (Fsp3) is 0.600. The third kappa shape index (κ3) is 2.06. The molecule has 2 saturated heterocycles. The lowest BCUT2D eigenvalue weighted by molar-refractivity contribution is 0.0601. The van der Waals surface area contributed by atoms with Gasteiger partial charge in [-0.15, -0.1) is 0 Å². The summed E-state index contributed by atoms with van der Waals surface area (Å²) in [6, 6.07) is 4.04. The lowest BCUT2D eigenvalue weighted by Crippen LogP contribution is -2.36. The summed E-state index contributed by atoms with van der Waals surface area (Å²) in [7, 11) is 1.42. The van der Waals surface area contributed by atoms with Crippen molar-refractivity contribution in [3.05, 3.63) is 23.9 Å². The van der Waals surface area contributed by atoms with Gasteiger partial charge in [0.05, 0.1) is 7.11 Å². The van der Waals surface area contributed by atoms with Crippen molar-refractivity contribution in [2.45, 2.75) is 19.4 Å². The van der Waals surface area contributed by atoms with Crippen LogP contribution in [0.4, 0.5) is 5.82 Å². The van der Waals surface area contributed by atoms with Crippen LogP contribution in [0.25, 0.3) is 0 Å². The van der Waals surface area contributed by atoms with Crippen LogP contribution in [0, 0.1) is 11.8 Å². The Balaban J connectivity index is 1.95. The summed E-state index contributed by atoms with van der Waals surface area (Å²) in [5.74, 6) is 1.79. The number of carbonyl (C=O) groups excluding carboxylic acids is 1. The quantitative estimate of drug-likeness (QED) is 0.843. The van der Waals surface area contributed by atoms with Gasteiger partial charge in [0.15, 0.2) is 0 Å². The highest BCUT2D eigenvalue weighted by atomic mass is 16.5. The summed E-state index contributed by atoms with van der Waals surface area (Å²) in [5.41, 5.74) is 0.571. The van der Waals surface area contributed by atoms with Crippen molar-refractivity contribution in [3.8, 4) is 0 Å². The molecule has 0 spiro atoms. The zero-order valence-corrected chi connectivity index (χ0v) is 12.0. The Morgan fingerprint density at radius 1 is 1.55 bits per heavy atom. The van der Waals surface area contributed by atoms with E-state index in [2.05, 4.69) is 22.1 Å². The van der Waals surface area contributed by atoms with Crippen molar-refractivity contribution >= 4 is 11.8 Å². The third-order valence-corrected chi connectivity index (χ3v) is 4.60. The number of anilines is 1.